The summed E-state index contributed by atoms with van der Waals surface area (Å²) in [4.78, 5) is 50.3. The predicted octanol–water partition coefficient (Wildman–Crippen LogP) is 3.24. The maximum atomic E-state index is 12.8. The lowest BCUT2D eigenvalue weighted by Gasteiger charge is -2.47. The minimum atomic E-state index is -1.49. The number of carboxylic acid groups (broad SMARTS) is 2. The molecule has 1 aromatic rings. The standard InChI is InChI=1S/C22H27NO8S2/c1-6-32-17-14(11(2)24)16(25)23(17)15(19(28)29)20(33-21(30)22(3,4)5)31-13-9-7-8-12(10-13)18(26)27/h7-11,14,17,24H,6H2,1-5H3,(H,26,27)(H,28,29)/t11-,14+,17-/m1/s1. The molecule has 1 heterocycles. The molecule has 1 aromatic carbocycles. The topological polar surface area (TPSA) is 141 Å². The zero-order valence-corrected chi connectivity index (χ0v) is 20.5. The summed E-state index contributed by atoms with van der Waals surface area (Å²) in [5.41, 5.74) is -1.49. The van der Waals surface area contributed by atoms with Crippen molar-refractivity contribution in [1.82, 2.24) is 4.90 Å². The largest absolute Gasteiger partial charge is 0.478 e. The van der Waals surface area contributed by atoms with Gasteiger partial charge in [-0.3, -0.25) is 14.5 Å². The molecule has 1 amide bonds. The third-order valence-corrected chi connectivity index (χ3v) is 7.11. The molecule has 0 unspecified atom stereocenters. The van der Waals surface area contributed by atoms with E-state index in [1.807, 2.05) is 6.92 Å². The van der Waals surface area contributed by atoms with Crippen LogP contribution in [0.4, 0.5) is 0 Å². The molecule has 3 N–H and O–H groups in total. The van der Waals surface area contributed by atoms with E-state index in [4.69, 9.17) is 4.74 Å². The number of hydrogen-bond acceptors (Lipinski definition) is 8. The Morgan fingerprint density at radius 1 is 1.21 bits per heavy atom. The molecule has 0 spiro atoms. The van der Waals surface area contributed by atoms with Crippen molar-refractivity contribution in [3.63, 3.8) is 0 Å². The highest BCUT2D eigenvalue weighted by molar-refractivity contribution is 8.16. The molecule has 180 valence electrons. The van der Waals surface area contributed by atoms with Crippen molar-refractivity contribution in [2.45, 2.75) is 46.1 Å². The van der Waals surface area contributed by atoms with E-state index in [1.54, 1.807) is 20.8 Å². The van der Waals surface area contributed by atoms with Crippen molar-refractivity contribution >= 4 is 46.5 Å². The summed E-state index contributed by atoms with van der Waals surface area (Å²) in [6, 6.07) is 5.37. The molecule has 2 rings (SSSR count). The number of nitrogens with zero attached hydrogens (tertiary/aromatic N) is 1. The van der Waals surface area contributed by atoms with E-state index >= 15 is 0 Å². The second-order valence-corrected chi connectivity index (χ2v) is 10.7. The average molecular weight is 498 g/mol. The van der Waals surface area contributed by atoms with Gasteiger partial charge in [-0.15, -0.1) is 11.8 Å². The molecule has 1 fully saturated rings. The van der Waals surface area contributed by atoms with Crippen molar-refractivity contribution in [3.05, 3.63) is 40.6 Å². The number of hydrogen-bond donors (Lipinski definition) is 3. The number of likely N-dealkylation sites (tertiary alicyclic amines) is 1. The summed E-state index contributed by atoms with van der Waals surface area (Å²) in [5.74, 6) is -3.55. The van der Waals surface area contributed by atoms with E-state index in [0.29, 0.717) is 17.5 Å². The van der Waals surface area contributed by atoms with Crippen molar-refractivity contribution in [2.24, 2.45) is 11.3 Å². The number of aliphatic carboxylic acids is 1. The SMILES string of the molecule is CCS[C@@H]1[C@@H]([C@@H](C)O)C(=O)N1C(C(=O)O)=C(Oc1cccc(C(=O)O)c1)SC(=O)C(C)(C)C. The lowest BCUT2D eigenvalue weighted by atomic mass is 9.92. The lowest BCUT2D eigenvalue weighted by molar-refractivity contribution is -0.157. The molecule has 3 atom stereocenters. The van der Waals surface area contributed by atoms with Crippen molar-refractivity contribution in [3.8, 4) is 5.75 Å². The number of carbonyl (C=O) groups is 4. The Morgan fingerprint density at radius 2 is 1.85 bits per heavy atom. The Labute approximate surface area is 200 Å². The van der Waals surface area contributed by atoms with Crippen LogP contribution in [0.3, 0.4) is 0 Å². The zero-order valence-electron chi connectivity index (χ0n) is 18.9. The monoisotopic (exact) mass is 497 g/mol. The number of carboxylic acids is 2. The molecule has 0 aliphatic carbocycles. The third kappa shape index (κ3) is 6.10. The van der Waals surface area contributed by atoms with Crippen LogP contribution < -0.4 is 4.74 Å². The quantitative estimate of drug-likeness (QED) is 0.264. The fraction of sp³-hybridized carbons (Fsp3) is 0.455. The first-order valence-electron chi connectivity index (χ1n) is 10.1. The maximum absolute atomic E-state index is 12.8. The van der Waals surface area contributed by atoms with E-state index in [0.717, 1.165) is 4.90 Å². The van der Waals surface area contributed by atoms with Crippen LogP contribution in [0.25, 0.3) is 0 Å². The molecule has 1 saturated heterocycles. The van der Waals surface area contributed by atoms with Gasteiger partial charge >= 0.3 is 11.9 Å². The molecule has 1 aliphatic heterocycles. The van der Waals surface area contributed by atoms with E-state index in [2.05, 4.69) is 0 Å². The first-order chi connectivity index (χ1) is 15.3. The van der Waals surface area contributed by atoms with Crippen LogP contribution in [0.5, 0.6) is 5.75 Å². The van der Waals surface area contributed by atoms with Crippen LogP contribution in [0, 0.1) is 11.3 Å². The lowest BCUT2D eigenvalue weighted by Crippen LogP contribution is -2.63. The zero-order chi connectivity index (χ0) is 25.1. The van der Waals surface area contributed by atoms with E-state index in [9.17, 15) is 34.5 Å². The smallest absolute Gasteiger partial charge is 0.357 e. The minimum Gasteiger partial charge on any atom is -0.478 e. The van der Waals surface area contributed by atoms with E-state index in [1.165, 1.54) is 43.0 Å². The molecule has 0 saturated carbocycles. The van der Waals surface area contributed by atoms with E-state index < -0.39 is 51.5 Å². The molecule has 33 heavy (non-hydrogen) atoms. The van der Waals surface area contributed by atoms with Gasteiger partial charge in [-0.2, -0.15) is 0 Å². The minimum absolute atomic E-state index is 0.00222. The summed E-state index contributed by atoms with van der Waals surface area (Å²) in [6.45, 7) is 8.25. The van der Waals surface area contributed by atoms with Gasteiger partial charge in [-0.25, -0.2) is 9.59 Å². The predicted molar refractivity (Wildman–Crippen MR) is 125 cm³/mol. The Morgan fingerprint density at radius 3 is 2.33 bits per heavy atom. The second-order valence-electron chi connectivity index (χ2n) is 8.34. The van der Waals surface area contributed by atoms with Crippen LogP contribution in [-0.4, -0.2) is 60.4 Å². The molecular formula is C22H27NO8S2. The number of amides is 1. The number of rotatable bonds is 9. The number of ether oxygens (including phenoxy) is 1. The summed E-state index contributed by atoms with van der Waals surface area (Å²) in [5, 5.41) is 27.8. The van der Waals surface area contributed by atoms with Gasteiger partial charge in [-0.1, -0.05) is 33.8 Å². The first-order valence-corrected chi connectivity index (χ1v) is 12.0. The van der Waals surface area contributed by atoms with Crippen molar-refractivity contribution < 1.29 is 39.2 Å². The Hall–Kier alpha value is -2.50. The molecule has 1 aliphatic rings. The van der Waals surface area contributed by atoms with Crippen LogP contribution in [-0.2, 0) is 14.4 Å². The molecule has 0 radical (unpaired) electrons. The van der Waals surface area contributed by atoms with Crippen LogP contribution in [0.1, 0.15) is 45.0 Å². The molecule has 9 nitrogen and oxygen atoms in total. The van der Waals surface area contributed by atoms with Gasteiger partial charge in [-0.05, 0) is 42.6 Å². The maximum Gasteiger partial charge on any atom is 0.357 e. The van der Waals surface area contributed by atoms with Gasteiger partial charge in [0.15, 0.2) is 10.8 Å². The fourth-order valence-electron chi connectivity index (χ4n) is 2.96. The van der Waals surface area contributed by atoms with Crippen molar-refractivity contribution in [2.75, 3.05) is 5.75 Å². The summed E-state index contributed by atoms with van der Waals surface area (Å²) in [7, 11) is 0. The number of carbonyl (C=O) groups excluding carboxylic acids is 2. The van der Waals surface area contributed by atoms with E-state index in [-0.39, 0.29) is 16.4 Å². The Bertz CT molecular complexity index is 983. The highest BCUT2D eigenvalue weighted by Gasteiger charge is 2.54. The van der Waals surface area contributed by atoms with Gasteiger partial charge < -0.3 is 20.1 Å². The highest BCUT2D eigenvalue weighted by Crippen LogP contribution is 2.43. The normalized spacial score (nSPS) is 19.9. The van der Waals surface area contributed by atoms with Crippen LogP contribution >= 0.6 is 23.5 Å². The van der Waals surface area contributed by atoms with Gasteiger partial charge in [0.1, 0.15) is 5.75 Å². The number of aliphatic hydroxyl groups excluding tert-OH is 1. The fourth-order valence-corrected chi connectivity index (χ4v) is 5.11. The van der Waals surface area contributed by atoms with Gasteiger partial charge in [0, 0.05) is 5.41 Å². The number of thioether (sulfide) groups is 2. The van der Waals surface area contributed by atoms with Crippen LogP contribution in [0.2, 0.25) is 0 Å². The summed E-state index contributed by atoms with van der Waals surface area (Å²) < 4.78 is 5.73. The number of aliphatic hydroxyl groups is 1. The number of aromatic carboxylic acids is 1. The highest BCUT2D eigenvalue weighted by atomic mass is 32.2. The second kappa shape index (κ2) is 10.6. The number of benzene rings is 1. The number of β-lactam (4-membered cyclic amide) rings is 1. The van der Waals surface area contributed by atoms with Gasteiger partial charge in [0.05, 0.1) is 23.0 Å². The average Bonchev–Trinajstić information content (AvgIpc) is 2.70. The Balaban J connectivity index is 2.62. The molecule has 0 aromatic heterocycles. The van der Waals surface area contributed by atoms with Crippen LogP contribution in [0.15, 0.2) is 35.1 Å². The molecule has 11 heteroatoms. The van der Waals surface area contributed by atoms with Gasteiger partial charge in [0.2, 0.25) is 11.0 Å². The van der Waals surface area contributed by atoms with Gasteiger partial charge in [0.25, 0.3) is 0 Å². The first kappa shape index (κ1) is 26.7. The Kier molecular flexibility index (Phi) is 8.61. The van der Waals surface area contributed by atoms with Crippen molar-refractivity contribution in [1.29, 1.82) is 0 Å². The molecular weight excluding hydrogens is 470 g/mol. The summed E-state index contributed by atoms with van der Waals surface area (Å²) >= 11 is 1.82. The third-order valence-electron chi connectivity index (χ3n) is 4.67. The molecule has 0 bridgehead atoms. The summed E-state index contributed by atoms with van der Waals surface area (Å²) in [6.07, 6.45) is -0.992.